The van der Waals surface area contributed by atoms with Gasteiger partial charge < -0.3 is 5.73 Å². The highest BCUT2D eigenvalue weighted by Crippen LogP contribution is 2.31. The molecule has 3 N–H and O–H groups in total. The quantitative estimate of drug-likeness (QED) is 0.739. The number of thioether (sulfide) groups is 1. The van der Waals surface area contributed by atoms with Gasteiger partial charge in [-0.1, -0.05) is 25.4 Å². The fourth-order valence-corrected chi connectivity index (χ4v) is 4.33. The van der Waals surface area contributed by atoms with E-state index in [1.165, 1.54) is 6.07 Å². The number of rotatable bonds is 7. The minimum Gasteiger partial charge on any atom is -0.397 e. The molecule has 1 aromatic carbocycles. The summed E-state index contributed by atoms with van der Waals surface area (Å²) in [6.07, 6.45) is 3.80. The van der Waals surface area contributed by atoms with Crippen LogP contribution in [0.25, 0.3) is 0 Å². The fraction of sp³-hybridized carbons (Fsp3) is 0.571. The molecule has 0 aliphatic rings. The topological polar surface area (TPSA) is 72.2 Å². The van der Waals surface area contributed by atoms with E-state index >= 15 is 0 Å². The summed E-state index contributed by atoms with van der Waals surface area (Å²) in [4.78, 5) is 0.157. The first kappa shape index (κ1) is 18.6. The Bertz CT molecular complexity index is 568. The first-order chi connectivity index (χ1) is 9.71. The molecule has 0 spiro atoms. The van der Waals surface area contributed by atoms with E-state index in [1.54, 1.807) is 24.8 Å². The number of halogens is 1. The molecule has 21 heavy (non-hydrogen) atoms. The van der Waals surface area contributed by atoms with E-state index in [4.69, 9.17) is 17.3 Å². The number of nitrogens with one attached hydrogen (secondary N) is 1. The number of hydrogen-bond donors (Lipinski definition) is 2. The van der Waals surface area contributed by atoms with E-state index in [-0.39, 0.29) is 15.3 Å². The van der Waals surface area contributed by atoms with Gasteiger partial charge in [0.25, 0.3) is 0 Å². The van der Waals surface area contributed by atoms with Crippen LogP contribution in [0.3, 0.4) is 0 Å². The number of anilines is 1. The van der Waals surface area contributed by atoms with Crippen molar-refractivity contribution in [2.24, 2.45) is 0 Å². The van der Waals surface area contributed by atoms with Crippen LogP contribution < -0.4 is 10.5 Å². The molecule has 0 fully saturated rings. The van der Waals surface area contributed by atoms with Gasteiger partial charge >= 0.3 is 0 Å². The Morgan fingerprint density at radius 3 is 2.33 bits per heavy atom. The van der Waals surface area contributed by atoms with Crippen molar-refractivity contribution in [2.45, 2.75) is 43.3 Å². The average Bonchev–Trinajstić information content (AvgIpc) is 2.46. The van der Waals surface area contributed by atoms with Crippen molar-refractivity contribution in [2.75, 3.05) is 18.5 Å². The summed E-state index contributed by atoms with van der Waals surface area (Å²) in [5, 5.41) is 0.398. The summed E-state index contributed by atoms with van der Waals surface area (Å²) in [5.41, 5.74) is 6.68. The fourth-order valence-electron chi connectivity index (χ4n) is 2.09. The number of sulfonamides is 1. The van der Waals surface area contributed by atoms with Gasteiger partial charge in [-0.15, -0.1) is 0 Å². The summed E-state index contributed by atoms with van der Waals surface area (Å²) in [6, 6.07) is 2.94. The molecule has 4 nitrogen and oxygen atoms in total. The number of aryl methyl sites for hydroxylation is 1. The van der Waals surface area contributed by atoms with Crippen molar-refractivity contribution in [1.82, 2.24) is 4.72 Å². The van der Waals surface area contributed by atoms with Crippen molar-refractivity contribution in [1.29, 1.82) is 0 Å². The molecule has 1 aromatic rings. The van der Waals surface area contributed by atoms with Crippen LogP contribution in [0.1, 0.15) is 32.3 Å². The maximum absolute atomic E-state index is 12.4. The highest BCUT2D eigenvalue weighted by Gasteiger charge is 2.27. The zero-order chi connectivity index (χ0) is 16.3. The van der Waals surface area contributed by atoms with Gasteiger partial charge in [0.05, 0.1) is 15.6 Å². The van der Waals surface area contributed by atoms with Crippen LogP contribution in [0.4, 0.5) is 5.69 Å². The molecule has 0 aliphatic heterocycles. The first-order valence-electron chi connectivity index (χ1n) is 6.81. The van der Waals surface area contributed by atoms with Crippen LogP contribution in [0.2, 0.25) is 5.02 Å². The molecule has 0 saturated heterocycles. The van der Waals surface area contributed by atoms with Crippen LogP contribution in [0, 0.1) is 6.92 Å². The summed E-state index contributed by atoms with van der Waals surface area (Å²) >= 11 is 7.66. The molecule has 0 atom stereocenters. The van der Waals surface area contributed by atoms with Crippen LogP contribution in [0.5, 0.6) is 0 Å². The molecular formula is C14H23ClN2O2S2. The van der Waals surface area contributed by atoms with Crippen LogP contribution in [0.15, 0.2) is 17.0 Å². The third-order valence-corrected chi connectivity index (χ3v) is 7.36. The van der Waals surface area contributed by atoms with Crippen molar-refractivity contribution < 1.29 is 8.42 Å². The molecule has 0 saturated carbocycles. The molecule has 0 heterocycles. The molecule has 0 aromatic heterocycles. The van der Waals surface area contributed by atoms with E-state index in [9.17, 15) is 8.42 Å². The SMILES string of the molecule is CCC(CC)(CNS(=O)(=O)c1cc(C)c(Cl)c(N)c1)SC. The van der Waals surface area contributed by atoms with Gasteiger partial charge in [-0.3, -0.25) is 0 Å². The van der Waals surface area contributed by atoms with E-state index in [1.807, 2.05) is 6.26 Å². The predicted octanol–water partition coefficient (Wildman–Crippen LogP) is 3.43. The Labute approximate surface area is 136 Å². The zero-order valence-electron chi connectivity index (χ0n) is 12.9. The molecule has 120 valence electrons. The molecule has 0 unspecified atom stereocenters. The minimum atomic E-state index is -3.59. The Morgan fingerprint density at radius 2 is 1.90 bits per heavy atom. The van der Waals surface area contributed by atoms with E-state index in [0.29, 0.717) is 17.1 Å². The third-order valence-electron chi connectivity index (χ3n) is 3.87. The second kappa shape index (κ2) is 7.22. The van der Waals surface area contributed by atoms with Gasteiger partial charge in [-0.2, -0.15) is 11.8 Å². The molecule has 1 rings (SSSR count). The summed E-state index contributed by atoms with van der Waals surface area (Å²) < 4.78 is 27.5. The first-order valence-corrected chi connectivity index (χ1v) is 9.90. The van der Waals surface area contributed by atoms with Gasteiger partial charge in [0, 0.05) is 11.3 Å². The van der Waals surface area contributed by atoms with Gasteiger partial charge in [-0.25, -0.2) is 13.1 Å². The highest BCUT2D eigenvalue weighted by molar-refractivity contribution is 8.00. The lowest BCUT2D eigenvalue weighted by Gasteiger charge is -2.29. The summed E-state index contributed by atoms with van der Waals surface area (Å²) in [7, 11) is -3.59. The predicted molar refractivity (Wildman–Crippen MR) is 92.6 cm³/mol. The normalized spacial score (nSPS) is 12.6. The number of hydrogen-bond acceptors (Lipinski definition) is 4. The lowest BCUT2D eigenvalue weighted by Crippen LogP contribution is -2.39. The maximum Gasteiger partial charge on any atom is 0.240 e. The van der Waals surface area contributed by atoms with Crippen LogP contribution in [-0.2, 0) is 10.0 Å². The van der Waals surface area contributed by atoms with Crippen molar-refractivity contribution in [3.63, 3.8) is 0 Å². The van der Waals surface area contributed by atoms with Gasteiger partial charge in [-0.05, 0) is 43.7 Å². The molecule has 0 radical (unpaired) electrons. The zero-order valence-corrected chi connectivity index (χ0v) is 15.3. The Morgan fingerprint density at radius 1 is 1.33 bits per heavy atom. The summed E-state index contributed by atoms with van der Waals surface area (Å²) in [6.45, 7) is 6.27. The van der Waals surface area contributed by atoms with E-state index < -0.39 is 10.0 Å². The van der Waals surface area contributed by atoms with Crippen molar-refractivity contribution in [3.05, 3.63) is 22.7 Å². The average molecular weight is 351 g/mol. The van der Waals surface area contributed by atoms with E-state index in [2.05, 4.69) is 18.6 Å². The molecule has 0 amide bonds. The van der Waals surface area contributed by atoms with Crippen molar-refractivity contribution >= 4 is 39.1 Å². The second-order valence-electron chi connectivity index (χ2n) is 5.06. The van der Waals surface area contributed by atoms with Crippen LogP contribution >= 0.6 is 23.4 Å². The smallest absolute Gasteiger partial charge is 0.240 e. The van der Waals surface area contributed by atoms with E-state index in [0.717, 1.165) is 12.8 Å². The monoisotopic (exact) mass is 350 g/mol. The second-order valence-corrected chi connectivity index (χ2v) is 8.48. The summed E-state index contributed by atoms with van der Waals surface area (Å²) in [5.74, 6) is 0. The number of nitrogen functional groups attached to an aromatic ring is 1. The lowest BCUT2D eigenvalue weighted by atomic mass is 10.0. The highest BCUT2D eigenvalue weighted by atomic mass is 35.5. The Hall–Kier alpha value is -0.430. The molecule has 7 heteroatoms. The number of nitrogens with two attached hydrogens (primary N) is 1. The van der Waals surface area contributed by atoms with Crippen molar-refractivity contribution in [3.8, 4) is 0 Å². The number of benzene rings is 1. The van der Waals surface area contributed by atoms with Gasteiger partial charge in [0.15, 0.2) is 0 Å². The largest absolute Gasteiger partial charge is 0.397 e. The Balaban J connectivity index is 3.03. The third kappa shape index (κ3) is 4.28. The molecule has 0 aliphatic carbocycles. The van der Waals surface area contributed by atoms with Gasteiger partial charge in [0.1, 0.15) is 0 Å². The minimum absolute atomic E-state index is 0.0832. The van der Waals surface area contributed by atoms with Crippen LogP contribution in [-0.4, -0.2) is 26.0 Å². The lowest BCUT2D eigenvalue weighted by molar-refractivity contribution is 0.522. The maximum atomic E-state index is 12.4. The Kier molecular flexibility index (Phi) is 6.40. The standard InChI is InChI=1S/C14H23ClN2O2S2/c1-5-14(6-2,20-4)9-17-21(18,19)11-7-10(3)13(15)12(16)8-11/h7-8,17H,5-6,9,16H2,1-4H3. The molecular weight excluding hydrogens is 328 g/mol. The molecule has 0 bridgehead atoms. The van der Waals surface area contributed by atoms with Gasteiger partial charge in [0.2, 0.25) is 10.0 Å².